The normalized spacial score (nSPS) is 19.4. The van der Waals surface area contributed by atoms with E-state index in [0.717, 1.165) is 36.8 Å². The maximum Gasteiger partial charge on any atom is 0.354 e. The fourth-order valence-electron chi connectivity index (χ4n) is 5.61. The number of ether oxygens (including phenoxy) is 1. The van der Waals surface area contributed by atoms with Crippen LogP contribution in [-0.4, -0.2) is 45.2 Å². The quantitative estimate of drug-likeness (QED) is 0.115. The Morgan fingerprint density at radius 3 is 2.77 bits per heavy atom. The molecule has 228 valence electrons. The van der Waals surface area contributed by atoms with Crippen LogP contribution in [0.3, 0.4) is 0 Å². The zero-order valence-electron chi connectivity index (χ0n) is 24.1. The van der Waals surface area contributed by atoms with Gasteiger partial charge in [0.15, 0.2) is 11.8 Å². The Kier molecular flexibility index (Phi) is 9.46. The SMILES string of the molecule is C[C@H](N)CCCc1cc(Cl)c(F)c(-c2cc3cn(-c4ccc([C@H]5CC(N)C[C@H](CCNC(=N)N)O5)cc4)c(=O)nc3[nH]2)c1. The highest BCUT2D eigenvalue weighted by Crippen LogP contribution is 2.33. The van der Waals surface area contributed by atoms with Crippen LogP contribution in [0.1, 0.15) is 56.3 Å². The summed E-state index contributed by atoms with van der Waals surface area (Å²) in [4.78, 5) is 20.3. The maximum atomic E-state index is 15.1. The van der Waals surface area contributed by atoms with Crippen molar-refractivity contribution in [3.8, 4) is 16.9 Å². The number of nitrogens with zero attached hydrogens (tertiary/aromatic N) is 2. The number of halogens is 2. The molecule has 1 fully saturated rings. The number of guanidine groups is 1. The molecule has 0 radical (unpaired) electrons. The molecule has 43 heavy (non-hydrogen) atoms. The van der Waals surface area contributed by atoms with Crippen molar-refractivity contribution < 1.29 is 9.13 Å². The van der Waals surface area contributed by atoms with E-state index in [9.17, 15) is 4.79 Å². The molecule has 0 amide bonds. The van der Waals surface area contributed by atoms with E-state index in [2.05, 4.69) is 15.3 Å². The smallest absolute Gasteiger partial charge is 0.354 e. The number of aromatic nitrogens is 3. The second-order valence-corrected chi connectivity index (χ2v) is 11.8. The van der Waals surface area contributed by atoms with Gasteiger partial charge in [-0.2, -0.15) is 4.98 Å². The fraction of sp³-hybridized carbons (Fsp3) is 0.387. The lowest BCUT2D eigenvalue weighted by atomic mass is 9.93. The number of nitrogens with one attached hydrogen (secondary N) is 3. The van der Waals surface area contributed by atoms with Crippen molar-refractivity contribution in [1.29, 1.82) is 5.41 Å². The molecular formula is C31H38ClFN8O2. The molecule has 0 bridgehead atoms. The van der Waals surface area contributed by atoms with Gasteiger partial charge in [0.25, 0.3) is 0 Å². The molecule has 4 atom stereocenters. The maximum absolute atomic E-state index is 15.1. The molecular weight excluding hydrogens is 571 g/mol. The number of hydrogen-bond donors (Lipinski definition) is 6. The van der Waals surface area contributed by atoms with E-state index >= 15 is 4.39 Å². The predicted molar refractivity (Wildman–Crippen MR) is 168 cm³/mol. The monoisotopic (exact) mass is 608 g/mol. The summed E-state index contributed by atoms with van der Waals surface area (Å²) in [6.45, 7) is 2.50. The first-order valence-electron chi connectivity index (χ1n) is 14.5. The van der Waals surface area contributed by atoms with Crippen molar-refractivity contribution >= 4 is 28.6 Å². The number of aromatic amines is 1. The van der Waals surface area contributed by atoms with Crippen LogP contribution >= 0.6 is 11.6 Å². The molecule has 4 aromatic rings. The molecule has 1 unspecified atom stereocenters. The van der Waals surface area contributed by atoms with Gasteiger partial charge in [-0.05, 0) is 86.9 Å². The largest absolute Gasteiger partial charge is 0.370 e. The number of H-pyrrole nitrogens is 1. The van der Waals surface area contributed by atoms with E-state index in [1.807, 2.05) is 31.2 Å². The second kappa shape index (κ2) is 13.3. The number of fused-ring (bicyclic) bond motifs is 1. The summed E-state index contributed by atoms with van der Waals surface area (Å²) in [7, 11) is 0. The summed E-state index contributed by atoms with van der Waals surface area (Å²) < 4.78 is 22.9. The van der Waals surface area contributed by atoms with Crippen molar-refractivity contribution in [3.05, 3.63) is 81.1 Å². The minimum Gasteiger partial charge on any atom is -0.370 e. The molecule has 2 aromatic carbocycles. The Labute approximate surface area is 254 Å². The third-order valence-electron chi connectivity index (χ3n) is 7.78. The van der Waals surface area contributed by atoms with Crippen molar-refractivity contribution in [3.63, 3.8) is 0 Å². The van der Waals surface area contributed by atoms with Crippen molar-refractivity contribution in [2.24, 2.45) is 17.2 Å². The van der Waals surface area contributed by atoms with Gasteiger partial charge in [-0.25, -0.2) is 9.18 Å². The lowest BCUT2D eigenvalue weighted by Gasteiger charge is -2.34. The third kappa shape index (κ3) is 7.42. The van der Waals surface area contributed by atoms with Crippen LogP contribution in [-0.2, 0) is 11.2 Å². The minimum atomic E-state index is -0.531. The molecule has 9 N–H and O–H groups in total. The van der Waals surface area contributed by atoms with Crippen LogP contribution in [0.2, 0.25) is 5.02 Å². The van der Waals surface area contributed by atoms with Gasteiger partial charge in [0.1, 0.15) is 5.65 Å². The van der Waals surface area contributed by atoms with Crippen LogP contribution in [0, 0.1) is 11.2 Å². The van der Waals surface area contributed by atoms with Crippen LogP contribution < -0.4 is 28.2 Å². The third-order valence-corrected chi connectivity index (χ3v) is 8.05. The van der Waals surface area contributed by atoms with E-state index in [1.54, 1.807) is 24.4 Å². The molecule has 1 aliphatic rings. The second-order valence-electron chi connectivity index (χ2n) is 11.4. The lowest BCUT2D eigenvalue weighted by molar-refractivity contribution is -0.0608. The van der Waals surface area contributed by atoms with Gasteiger partial charge in [0, 0.05) is 35.8 Å². The van der Waals surface area contributed by atoms with E-state index < -0.39 is 11.5 Å². The van der Waals surface area contributed by atoms with Crippen molar-refractivity contribution in [2.75, 3.05) is 6.54 Å². The highest BCUT2D eigenvalue weighted by molar-refractivity contribution is 6.31. The van der Waals surface area contributed by atoms with E-state index in [-0.39, 0.29) is 35.3 Å². The molecule has 1 saturated heterocycles. The summed E-state index contributed by atoms with van der Waals surface area (Å²) in [6, 6.07) is 12.8. The molecule has 0 saturated carbocycles. The van der Waals surface area contributed by atoms with E-state index in [1.165, 1.54) is 4.57 Å². The Bertz CT molecular complexity index is 1650. The standard InChI is InChI=1S/C31H38ClFN8O2/c1-17(34)3-2-4-18-11-24(28(33)25(32)12-18)26-13-20-16-41(31(42)40-29(20)39-26)22-7-5-19(6-8-22)27-15-21(35)14-23(43-27)9-10-38-30(36)37/h5-8,11-13,16-17,21,23,27H,2-4,9-10,14-15,34-35H2,1H3,(H4,36,37,38)(H,39,40,42)/t17-,21?,23-,27+/m0/s1. The topological polar surface area (TPSA) is 174 Å². The van der Waals surface area contributed by atoms with Crippen LogP contribution in [0.5, 0.6) is 0 Å². The van der Waals surface area contributed by atoms with Gasteiger partial charge >= 0.3 is 5.69 Å². The number of hydrogen-bond acceptors (Lipinski definition) is 6. The van der Waals surface area contributed by atoms with Crippen LogP contribution in [0.15, 0.2) is 53.5 Å². The molecule has 0 spiro atoms. The number of rotatable bonds is 10. The van der Waals surface area contributed by atoms with Crippen molar-refractivity contribution in [2.45, 2.75) is 69.7 Å². The Hall–Kier alpha value is -3.77. The zero-order chi connectivity index (χ0) is 30.7. The van der Waals surface area contributed by atoms with Crippen molar-refractivity contribution in [1.82, 2.24) is 19.9 Å². The Morgan fingerprint density at radius 2 is 2.05 bits per heavy atom. The zero-order valence-corrected chi connectivity index (χ0v) is 24.8. The summed E-state index contributed by atoms with van der Waals surface area (Å²) in [5.74, 6) is -0.599. The molecule has 0 aliphatic carbocycles. The molecule has 5 rings (SSSR count). The summed E-state index contributed by atoms with van der Waals surface area (Å²) in [5.41, 5.74) is 20.8. The molecule has 2 aromatic heterocycles. The molecule has 10 nitrogen and oxygen atoms in total. The van der Waals surface area contributed by atoms with Gasteiger partial charge in [0.05, 0.1) is 28.6 Å². The van der Waals surface area contributed by atoms with Gasteiger partial charge in [-0.1, -0.05) is 23.7 Å². The minimum absolute atomic E-state index is 0.00665. The highest BCUT2D eigenvalue weighted by Gasteiger charge is 2.28. The van der Waals surface area contributed by atoms with E-state index in [4.69, 9.17) is 38.9 Å². The first kappa shape index (κ1) is 30.7. The summed E-state index contributed by atoms with van der Waals surface area (Å²) in [5, 5.41) is 10.8. The molecule has 12 heteroatoms. The summed E-state index contributed by atoms with van der Waals surface area (Å²) in [6.07, 6.45) is 6.02. The first-order valence-corrected chi connectivity index (χ1v) is 14.9. The van der Waals surface area contributed by atoms with Gasteiger partial charge < -0.3 is 32.2 Å². The number of nitrogens with two attached hydrogens (primary N) is 3. The Balaban J connectivity index is 1.36. The Morgan fingerprint density at radius 1 is 1.28 bits per heavy atom. The first-order chi connectivity index (χ1) is 20.6. The predicted octanol–water partition coefficient (Wildman–Crippen LogP) is 4.26. The van der Waals surface area contributed by atoms with E-state index in [0.29, 0.717) is 47.4 Å². The fourth-order valence-corrected chi connectivity index (χ4v) is 5.85. The van der Waals surface area contributed by atoms with Crippen LogP contribution in [0.25, 0.3) is 28.0 Å². The average Bonchev–Trinajstić information content (AvgIpc) is 3.36. The van der Waals surface area contributed by atoms with Gasteiger partial charge in [-0.3, -0.25) is 9.98 Å². The highest BCUT2D eigenvalue weighted by atomic mass is 35.5. The number of aryl methyl sites for hydroxylation is 1. The van der Waals surface area contributed by atoms with Gasteiger partial charge in [-0.15, -0.1) is 0 Å². The molecule has 3 heterocycles. The number of benzene rings is 2. The molecule has 1 aliphatic heterocycles. The summed E-state index contributed by atoms with van der Waals surface area (Å²) >= 11 is 6.24. The van der Waals surface area contributed by atoms with Gasteiger partial charge in [0.2, 0.25) is 0 Å². The lowest BCUT2D eigenvalue weighted by Crippen LogP contribution is -2.39. The van der Waals surface area contributed by atoms with Crippen LogP contribution in [0.4, 0.5) is 4.39 Å². The average molecular weight is 609 g/mol.